The van der Waals surface area contributed by atoms with Crippen molar-refractivity contribution in [1.82, 2.24) is 0 Å². The summed E-state index contributed by atoms with van der Waals surface area (Å²) in [5, 5.41) is 0. The minimum absolute atomic E-state index is 0.232. The van der Waals surface area contributed by atoms with Crippen LogP contribution in [0.2, 0.25) is 0 Å². The molecule has 0 bridgehead atoms. The molecule has 0 heterocycles. The summed E-state index contributed by atoms with van der Waals surface area (Å²) >= 11 is 0. The summed E-state index contributed by atoms with van der Waals surface area (Å²) < 4.78 is 25.5. The molecule has 1 aliphatic carbocycles. The highest BCUT2D eigenvalue weighted by atomic mass is 19.1. The second-order valence-corrected chi connectivity index (χ2v) is 4.72. The van der Waals surface area contributed by atoms with Crippen LogP contribution >= 0.6 is 0 Å². The molecule has 0 aromatic rings. The van der Waals surface area contributed by atoms with Gasteiger partial charge in [-0.2, -0.15) is 8.78 Å². The molecule has 0 aromatic carbocycles. The van der Waals surface area contributed by atoms with E-state index in [1.165, 1.54) is 6.92 Å². The average Bonchev–Trinajstić information content (AvgIpc) is 2.24. The number of hydrogen-bond donors (Lipinski definition) is 0. The molecule has 0 amide bonds. The van der Waals surface area contributed by atoms with Crippen LogP contribution in [0.3, 0.4) is 0 Å². The molecule has 80 valence electrons. The Bertz CT molecular complexity index is 286. The maximum atomic E-state index is 12.9. The summed E-state index contributed by atoms with van der Waals surface area (Å²) in [6, 6.07) is -2.90. The molecule has 0 aromatic heterocycles. The Hall–Kier alpha value is -0.800. The number of carbonyl (C=O) groups is 2. The monoisotopic (exact) mass is 204 g/mol. The zero-order chi connectivity index (χ0) is 11.1. The van der Waals surface area contributed by atoms with E-state index in [2.05, 4.69) is 0 Å². The molecule has 0 radical (unpaired) electrons. The van der Waals surface area contributed by atoms with E-state index in [1.807, 2.05) is 0 Å². The van der Waals surface area contributed by atoms with Crippen LogP contribution in [0.15, 0.2) is 0 Å². The van der Waals surface area contributed by atoms with Gasteiger partial charge in [0.25, 0.3) is 0 Å². The number of halogens is 2. The molecule has 0 N–H and O–H groups in total. The van der Waals surface area contributed by atoms with Gasteiger partial charge in [0.15, 0.2) is 0 Å². The van der Waals surface area contributed by atoms with Gasteiger partial charge in [0.2, 0.25) is 0 Å². The zero-order valence-corrected chi connectivity index (χ0v) is 8.56. The SMILES string of the molecule is CC1(C)[C@@H](C(=O)F)CC[C@@]1(C)C(=O)F. The lowest BCUT2D eigenvalue weighted by molar-refractivity contribution is -0.148. The van der Waals surface area contributed by atoms with Gasteiger partial charge in [-0.1, -0.05) is 13.8 Å². The first-order valence-corrected chi connectivity index (χ1v) is 4.63. The topological polar surface area (TPSA) is 34.1 Å². The van der Waals surface area contributed by atoms with Crippen molar-refractivity contribution in [3.63, 3.8) is 0 Å². The number of carbonyl (C=O) groups excluding carboxylic acids is 2. The summed E-state index contributed by atoms with van der Waals surface area (Å²) in [4.78, 5) is 21.5. The number of hydrogen-bond acceptors (Lipinski definition) is 2. The van der Waals surface area contributed by atoms with Crippen LogP contribution in [0.25, 0.3) is 0 Å². The quantitative estimate of drug-likeness (QED) is 0.647. The van der Waals surface area contributed by atoms with E-state index >= 15 is 0 Å². The van der Waals surface area contributed by atoms with Gasteiger partial charge in [-0.25, -0.2) is 0 Å². The predicted molar refractivity (Wildman–Crippen MR) is 46.8 cm³/mol. The van der Waals surface area contributed by atoms with Gasteiger partial charge in [0, 0.05) is 0 Å². The number of rotatable bonds is 2. The highest BCUT2D eigenvalue weighted by Crippen LogP contribution is 2.56. The molecule has 14 heavy (non-hydrogen) atoms. The first kappa shape index (κ1) is 11.3. The maximum absolute atomic E-state index is 12.9. The Labute approximate surface area is 81.7 Å². The van der Waals surface area contributed by atoms with Crippen LogP contribution < -0.4 is 0 Å². The average molecular weight is 204 g/mol. The highest BCUT2D eigenvalue weighted by Gasteiger charge is 2.58. The standard InChI is InChI=1S/C10H14F2O2/c1-9(2)6(7(11)13)4-5-10(9,3)8(12)14/h6H,4-5H2,1-3H3/t6-,10+/m1/s1. The smallest absolute Gasteiger partial charge is 0.261 e. The van der Waals surface area contributed by atoms with Crippen LogP contribution in [-0.4, -0.2) is 12.1 Å². The fourth-order valence-corrected chi connectivity index (χ4v) is 2.25. The minimum atomic E-state index is -1.45. The molecule has 1 saturated carbocycles. The lowest BCUT2D eigenvalue weighted by Crippen LogP contribution is -2.40. The predicted octanol–water partition coefficient (Wildman–Crippen LogP) is 2.42. The molecule has 1 aliphatic rings. The molecule has 0 aliphatic heterocycles. The van der Waals surface area contributed by atoms with Gasteiger partial charge in [0.05, 0.1) is 11.3 Å². The van der Waals surface area contributed by atoms with E-state index < -0.39 is 28.8 Å². The molecule has 1 rings (SSSR count). The molecule has 0 unspecified atom stereocenters. The van der Waals surface area contributed by atoms with Crippen molar-refractivity contribution in [2.75, 3.05) is 0 Å². The third-order valence-electron chi connectivity index (χ3n) is 3.93. The van der Waals surface area contributed by atoms with E-state index in [9.17, 15) is 18.4 Å². The fourth-order valence-electron chi connectivity index (χ4n) is 2.25. The Morgan fingerprint density at radius 2 is 1.71 bits per heavy atom. The molecule has 0 spiro atoms. The van der Waals surface area contributed by atoms with Gasteiger partial charge < -0.3 is 0 Å². The lowest BCUT2D eigenvalue weighted by Gasteiger charge is -2.36. The van der Waals surface area contributed by atoms with Crippen molar-refractivity contribution < 1.29 is 18.4 Å². The van der Waals surface area contributed by atoms with Gasteiger partial charge in [0.1, 0.15) is 0 Å². The Morgan fingerprint density at radius 3 is 1.93 bits per heavy atom. The van der Waals surface area contributed by atoms with Crippen molar-refractivity contribution in [3.8, 4) is 0 Å². The van der Waals surface area contributed by atoms with Gasteiger partial charge in [-0.05, 0) is 25.2 Å². The van der Waals surface area contributed by atoms with Crippen molar-refractivity contribution in [2.24, 2.45) is 16.7 Å². The maximum Gasteiger partial charge on any atom is 0.307 e. The Morgan fingerprint density at radius 1 is 1.21 bits per heavy atom. The normalized spacial score (nSPS) is 35.6. The van der Waals surface area contributed by atoms with Crippen LogP contribution in [0.5, 0.6) is 0 Å². The molecule has 2 atom stereocenters. The van der Waals surface area contributed by atoms with E-state index in [-0.39, 0.29) is 12.8 Å². The van der Waals surface area contributed by atoms with Crippen LogP contribution in [0.4, 0.5) is 8.78 Å². The summed E-state index contributed by atoms with van der Waals surface area (Å²) in [5.74, 6) is -0.854. The molecule has 0 saturated heterocycles. The van der Waals surface area contributed by atoms with Crippen LogP contribution in [-0.2, 0) is 9.59 Å². The van der Waals surface area contributed by atoms with E-state index in [0.29, 0.717) is 0 Å². The fraction of sp³-hybridized carbons (Fsp3) is 0.800. The van der Waals surface area contributed by atoms with E-state index in [0.717, 1.165) is 0 Å². The van der Waals surface area contributed by atoms with Gasteiger partial charge in [-0.3, -0.25) is 9.59 Å². The highest BCUT2D eigenvalue weighted by molar-refractivity contribution is 5.80. The van der Waals surface area contributed by atoms with Gasteiger partial charge in [-0.15, -0.1) is 0 Å². The van der Waals surface area contributed by atoms with Crippen LogP contribution in [0.1, 0.15) is 33.6 Å². The van der Waals surface area contributed by atoms with E-state index in [4.69, 9.17) is 0 Å². The van der Waals surface area contributed by atoms with Gasteiger partial charge >= 0.3 is 12.1 Å². The molecular weight excluding hydrogens is 190 g/mol. The van der Waals surface area contributed by atoms with Crippen molar-refractivity contribution in [1.29, 1.82) is 0 Å². The second-order valence-electron chi connectivity index (χ2n) is 4.72. The summed E-state index contributed by atoms with van der Waals surface area (Å²) in [6.07, 6.45) is 0.476. The largest absolute Gasteiger partial charge is 0.307 e. The van der Waals surface area contributed by atoms with E-state index in [1.54, 1.807) is 13.8 Å². The Balaban J connectivity index is 3.08. The third kappa shape index (κ3) is 1.28. The Kier molecular flexibility index (Phi) is 2.50. The molecule has 2 nitrogen and oxygen atoms in total. The minimum Gasteiger partial charge on any atom is -0.261 e. The summed E-state index contributed by atoms with van der Waals surface area (Å²) in [5.41, 5.74) is -2.16. The molecular formula is C10H14F2O2. The lowest BCUT2D eigenvalue weighted by atomic mass is 9.66. The van der Waals surface area contributed by atoms with Crippen molar-refractivity contribution in [2.45, 2.75) is 33.6 Å². The second kappa shape index (κ2) is 3.11. The first-order valence-electron chi connectivity index (χ1n) is 4.63. The van der Waals surface area contributed by atoms with Crippen molar-refractivity contribution >= 4 is 12.1 Å². The summed E-state index contributed by atoms with van der Waals surface area (Å²) in [7, 11) is 0. The molecule has 4 heteroatoms. The summed E-state index contributed by atoms with van der Waals surface area (Å²) in [6.45, 7) is 4.59. The first-order chi connectivity index (χ1) is 6.23. The molecule has 1 fully saturated rings. The van der Waals surface area contributed by atoms with Crippen molar-refractivity contribution in [3.05, 3.63) is 0 Å². The van der Waals surface area contributed by atoms with Crippen LogP contribution in [0, 0.1) is 16.7 Å². The third-order valence-corrected chi connectivity index (χ3v) is 3.93. The zero-order valence-electron chi connectivity index (χ0n) is 8.56.